The highest BCUT2D eigenvalue weighted by Gasteiger charge is 2.18. The summed E-state index contributed by atoms with van der Waals surface area (Å²) in [7, 11) is 0. The van der Waals surface area contributed by atoms with Gasteiger partial charge < -0.3 is 14.5 Å². The summed E-state index contributed by atoms with van der Waals surface area (Å²) < 4.78 is 11.6. The van der Waals surface area contributed by atoms with Gasteiger partial charge in [0, 0.05) is 16.3 Å². The number of carbonyl (C=O) groups is 1. The average Bonchev–Trinajstić information content (AvgIpc) is 3.14. The zero-order chi connectivity index (χ0) is 22.1. The summed E-state index contributed by atoms with van der Waals surface area (Å²) >= 11 is 12.0. The molecule has 0 bridgehead atoms. The summed E-state index contributed by atoms with van der Waals surface area (Å²) in [6.45, 7) is 5.58. The van der Waals surface area contributed by atoms with E-state index in [-0.39, 0.29) is 5.91 Å². The van der Waals surface area contributed by atoms with E-state index < -0.39 is 6.10 Å². The highest BCUT2D eigenvalue weighted by molar-refractivity contribution is 6.35. The van der Waals surface area contributed by atoms with Crippen molar-refractivity contribution in [3.05, 3.63) is 75.8 Å². The smallest absolute Gasteiger partial charge is 0.265 e. The van der Waals surface area contributed by atoms with Crippen LogP contribution >= 0.6 is 23.2 Å². The van der Waals surface area contributed by atoms with Crippen LogP contribution in [0.4, 0.5) is 5.69 Å². The van der Waals surface area contributed by atoms with Crippen LogP contribution < -0.4 is 10.1 Å². The van der Waals surface area contributed by atoms with Crippen LogP contribution in [0.15, 0.2) is 59.0 Å². The van der Waals surface area contributed by atoms with E-state index >= 15 is 0 Å². The molecular weight excluding hydrogens is 435 g/mol. The van der Waals surface area contributed by atoms with E-state index in [0.717, 1.165) is 22.2 Å². The first-order valence-corrected chi connectivity index (χ1v) is 10.5. The Kier molecular flexibility index (Phi) is 5.90. The van der Waals surface area contributed by atoms with Gasteiger partial charge in [-0.2, -0.15) is 0 Å². The first-order chi connectivity index (χ1) is 14.8. The van der Waals surface area contributed by atoms with E-state index in [1.165, 1.54) is 0 Å². The molecule has 0 aliphatic rings. The van der Waals surface area contributed by atoms with Crippen LogP contribution in [0, 0.1) is 13.8 Å². The second kappa shape index (κ2) is 8.61. The van der Waals surface area contributed by atoms with Gasteiger partial charge in [0.2, 0.25) is 5.89 Å². The van der Waals surface area contributed by atoms with Crippen molar-refractivity contribution < 1.29 is 13.9 Å². The second-order valence-corrected chi connectivity index (χ2v) is 8.19. The molecule has 1 unspecified atom stereocenters. The van der Waals surface area contributed by atoms with Gasteiger partial charge in [-0.1, -0.05) is 35.3 Å². The lowest BCUT2D eigenvalue weighted by Crippen LogP contribution is -2.30. The number of nitrogens with zero attached hydrogens (tertiary/aromatic N) is 1. The number of fused-ring (bicyclic) bond motifs is 1. The van der Waals surface area contributed by atoms with Crippen LogP contribution in [-0.2, 0) is 4.79 Å². The summed E-state index contributed by atoms with van der Waals surface area (Å²) in [5.74, 6) is 0.578. The number of aromatic nitrogens is 1. The molecule has 7 heteroatoms. The molecule has 5 nitrogen and oxygen atoms in total. The fourth-order valence-corrected chi connectivity index (χ4v) is 3.55. The Labute approximate surface area is 189 Å². The first-order valence-electron chi connectivity index (χ1n) is 9.71. The highest BCUT2D eigenvalue weighted by atomic mass is 35.5. The number of aryl methyl sites for hydroxylation is 2. The van der Waals surface area contributed by atoms with Gasteiger partial charge in [0.1, 0.15) is 11.3 Å². The topological polar surface area (TPSA) is 64.4 Å². The van der Waals surface area contributed by atoms with Crippen molar-refractivity contribution >= 4 is 45.9 Å². The van der Waals surface area contributed by atoms with Gasteiger partial charge in [-0.15, -0.1) is 0 Å². The van der Waals surface area contributed by atoms with E-state index in [9.17, 15) is 4.79 Å². The number of halogens is 2. The van der Waals surface area contributed by atoms with Gasteiger partial charge in [-0.05, 0) is 74.4 Å². The molecule has 0 spiro atoms. The Morgan fingerprint density at radius 1 is 1.06 bits per heavy atom. The molecule has 4 aromatic rings. The van der Waals surface area contributed by atoms with Crippen molar-refractivity contribution in [3.8, 4) is 17.2 Å². The maximum atomic E-state index is 12.7. The van der Waals surface area contributed by atoms with Crippen molar-refractivity contribution in [1.29, 1.82) is 0 Å². The molecule has 3 aromatic carbocycles. The Morgan fingerprint density at radius 2 is 1.87 bits per heavy atom. The van der Waals surface area contributed by atoms with Gasteiger partial charge in [0.05, 0.1) is 5.02 Å². The molecule has 1 heterocycles. The molecule has 0 radical (unpaired) electrons. The Hall–Kier alpha value is -3.02. The average molecular weight is 455 g/mol. The number of benzene rings is 3. The Bertz CT molecular complexity index is 1280. The summed E-state index contributed by atoms with van der Waals surface area (Å²) in [5.41, 5.74) is 4.94. The number of rotatable bonds is 5. The first kappa shape index (κ1) is 21.2. The minimum absolute atomic E-state index is 0.306. The third-order valence-corrected chi connectivity index (χ3v) is 5.38. The van der Waals surface area contributed by atoms with Gasteiger partial charge in [-0.25, -0.2) is 4.98 Å². The van der Waals surface area contributed by atoms with E-state index in [1.807, 2.05) is 50.2 Å². The fraction of sp³-hybridized carbons (Fsp3) is 0.167. The number of hydrogen-bond donors (Lipinski definition) is 1. The minimum Gasteiger partial charge on any atom is -0.479 e. The Morgan fingerprint density at radius 3 is 2.65 bits per heavy atom. The molecule has 4 rings (SSSR count). The van der Waals surface area contributed by atoms with Gasteiger partial charge >= 0.3 is 0 Å². The van der Waals surface area contributed by atoms with E-state index in [4.69, 9.17) is 32.4 Å². The standard InChI is InChI=1S/C24H20Cl2N2O3/c1-13-4-8-22-20(10-13)28-24(31-22)16-6-5-14(2)19(11-16)27-23(29)15(3)30-21-9-7-17(25)12-18(21)26/h4-12,15H,1-3H3,(H,27,29). The number of hydrogen-bond acceptors (Lipinski definition) is 4. The second-order valence-electron chi connectivity index (χ2n) is 7.34. The SMILES string of the molecule is Cc1ccc2oc(-c3ccc(C)c(NC(=O)C(C)Oc4ccc(Cl)cc4Cl)c3)nc2c1. The van der Waals surface area contributed by atoms with Gasteiger partial charge in [0.25, 0.3) is 5.91 Å². The maximum absolute atomic E-state index is 12.7. The predicted molar refractivity (Wildman–Crippen MR) is 124 cm³/mol. The lowest BCUT2D eigenvalue weighted by atomic mass is 10.1. The third-order valence-electron chi connectivity index (χ3n) is 4.85. The number of nitrogens with one attached hydrogen (secondary N) is 1. The van der Waals surface area contributed by atoms with Gasteiger partial charge in [0.15, 0.2) is 11.7 Å². The number of anilines is 1. The lowest BCUT2D eigenvalue weighted by molar-refractivity contribution is -0.122. The largest absolute Gasteiger partial charge is 0.479 e. The molecule has 158 valence electrons. The zero-order valence-corrected chi connectivity index (χ0v) is 18.7. The maximum Gasteiger partial charge on any atom is 0.265 e. The van der Waals surface area contributed by atoms with E-state index in [1.54, 1.807) is 25.1 Å². The molecule has 0 aliphatic carbocycles. The van der Waals surface area contributed by atoms with Crippen molar-refractivity contribution in [3.63, 3.8) is 0 Å². The van der Waals surface area contributed by atoms with E-state index in [2.05, 4.69) is 10.3 Å². The number of amides is 1. The number of ether oxygens (including phenoxy) is 1. The van der Waals surface area contributed by atoms with Gasteiger partial charge in [-0.3, -0.25) is 4.79 Å². The lowest BCUT2D eigenvalue weighted by Gasteiger charge is -2.17. The molecule has 1 amide bonds. The summed E-state index contributed by atoms with van der Waals surface area (Å²) in [4.78, 5) is 17.3. The fourth-order valence-electron chi connectivity index (χ4n) is 3.10. The molecule has 1 aromatic heterocycles. The quantitative estimate of drug-likeness (QED) is 0.359. The van der Waals surface area contributed by atoms with Crippen LogP contribution in [0.5, 0.6) is 5.75 Å². The van der Waals surface area contributed by atoms with Crippen LogP contribution in [-0.4, -0.2) is 17.0 Å². The third kappa shape index (κ3) is 4.68. The molecule has 0 saturated carbocycles. The van der Waals surface area contributed by atoms with Crippen molar-refractivity contribution in [2.24, 2.45) is 0 Å². The zero-order valence-electron chi connectivity index (χ0n) is 17.2. The highest BCUT2D eigenvalue weighted by Crippen LogP contribution is 2.30. The molecule has 0 saturated heterocycles. The summed E-state index contributed by atoms with van der Waals surface area (Å²) in [6, 6.07) is 16.4. The molecular formula is C24H20Cl2N2O3. The number of carbonyl (C=O) groups excluding carboxylic acids is 1. The molecule has 0 fully saturated rings. The van der Waals surface area contributed by atoms with Crippen LogP contribution in [0.3, 0.4) is 0 Å². The molecule has 0 aliphatic heterocycles. The summed E-state index contributed by atoms with van der Waals surface area (Å²) in [5, 5.41) is 3.75. The molecule has 1 N–H and O–H groups in total. The van der Waals surface area contributed by atoms with Crippen molar-refractivity contribution in [2.75, 3.05) is 5.32 Å². The normalized spacial score (nSPS) is 12.0. The van der Waals surface area contributed by atoms with Crippen LogP contribution in [0.25, 0.3) is 22.6 Å². The van der Waals surface area contributed by atoms with E-state index in [0.29, 0.717) is 33.0 Å². The predicted octanol–water partition coefficient (Wildman–Crippen LogP) is 6.82. The Balaban J connectivity index is 1.54. The minimum atomic E-state index is -0.769. The number of oxazole rings is 1. The monoisotopic (exact) mass is 454 g/mol. The molecule has 1 atom stereocenters. The van der Waals surface area contributed by atoms with Crippen LogP contribution in [0.1, 0.15) is 18.1 Å². The van der Waals surface area contributed by atoms with Crippen molar-refractivity contribution in [1.82, 2.24) is 4.98 Å². The summed E-state index contributed by atoms with van der Waals surface area (Å²) in [6.07, 6.45) is -0.769. The molecule has 31 heavy (non-hydrogen) atoms. The van der Waals surface area contributed by atoms with Crippen molar-refractivity contribution in [2.45, 2.75) is 26.9 Å². The van der Waals surface area contributed by atoms with Crippen LogP contribution in [0.2, 0.25) is 10.0 Å².